The van der Waals surface area contributed by atoms with Crippen LogP contribution in [0.15, 0.2) is 66.7 Å². The first-order chi connectivity index (χ1) is 26.2. The Balaban J connectivity index is 1.63. The van der Waals surface area contributed by atoms with E-state index in [0.717, 1.165) is 22.3 Å². The molecule has 0 unspecified atom stereocenters. The maximum Gasteiger partial charge on any atom is 0.407 e. The van der Waals surface area contributed by atoms with Crippen molar-refractivity contribution in [2.75, 3.05) is 6.61 Å². The van der Waals surface area contributed by atoms with Crippen molar-refractivity contribution in [3.8, 4) is 11.1 Å². The molecule has 0 bridgehead atoms. The van der Waals surface area contributed by atoms with E-state index in [0.29, 0.717) is 11.1 Å². The molecular formula is C44H55N4O8. The molecule has 0 aromatic heterocycles. The summed E-state index contributed by atoms with van der Waals surface area (Å²) in [7, 11) is 0. The number of hydrogen-bond acceptors (Lipinski definition) is 8. The maximum atomic E-state index is 14.4. The van der Waals surface area contributed by atoms with E-state index in [1.54, 1.807) is 80.5 Å². The van der Waals surface area contributed by atoms with Gasteiger partial charge in [-0.25, -0.2) is 4.79 Å². The van der Waals surface area contributed by atoms with Gasteiger partial charge in [-0.1, -0.05) is 101 Å². The second-order valence-electron chi connectivity index (χ2n) is 16.9. The average Bonchev–Trinajstić information content (AvgIpc) is 3.43. The standard InChI is InChI=1S/C44H55N4O8/c1-25(2)38(47-41(54)35(22-37(50)51)48-44(7,8)9)39(52)31-20-14-15-26(3)32(31)21-34(40(53)46-36(23-49)43(4,5)6)45-42(55)56-24-33-29-18-12-10-16-27(29)28-17-11-13-19-30(28)33/h10-20,25,33-36,38,48H,21-22,24H2,1-9H3,(H,45,55)(H,46,53)(H,47,54)(H,50,51)/t34-,35-,36+,38+/m0/s1. The molecule has 5 N–H and O–H groups in total. The van der Waals surface area contributed by atoms with Gasteiger partial charge in [-0.2, -0.15) is 0 Å². The summed E-state index contributed by atoms with van der Waals surface area (Å²) in [6, 6.07) is 16.4. The van der Waals surface area contributed by atoms with Crippen LogP contribution in [0.4, 0.5) is 4.79 Å². The Morgan fingerprint density at radius 1 is 0.786 bits per heavy atom. The zero-order chi connectivity index (χ0) is 41.5. The van der Waals surface area contributed by atoms with Gasteiger partial charge in [0.2, 0.25) is 18.1 Å². The summed E-state index contributed by atoms with van der Waals surface area (Å²) in [5.41, 5.74) is 4.15. The number of aryl methyl sites for hydroxylation is 1. The summed E-state index contributed by atoms with van der Waals surface area (Å²) >= 11 is 0. The number of ketones is 1. The zero-order valence-corrected chi connectivity index (χ0v) is 33.7. The molecule has 3 aromatic rings. The van der Waals surface area contributed by atoms with E-state index in [-0.39, 0.29) is 24.5 Å². The number of carbonyl (C=O) groups is 5. The van der Waals surface area contributed by atoms with Crippen molar-refractivity contribution >= 4 is 35.9 Å². The largest absolute Gasteiger partial charge is 0.481 e. The first kappa shape index (κ1) is 43.4. The predicted molar refractivity (Wildman–Crippen MR) is 214 cm³/mol. The Morgan fingerprint density at radius 3 is 1.88 bits per heavy atom. The molecule has 0 saturated heterocycles. The highest BCUT2D eigenvalue weighted by Gasteiger charge is 2.36. The Hall–Kier alpha value is -5.36. The summed E-state index contributed by atoms with van der Waals surface area (Å²) in [6.45, 7) is 16.0. The van der Waals surface area contributed by atoms with Crippen LogP contribution in [-0.4, -0.2) is 77.4 Å². The molecular weight excluding hydrogens is 713 g/mol. The van der Waals surface area contributed by atoms with Crippen LogP contribution < -0.4 is 21.3 Å². The van der Waals surface area contributed by atoms with Gasteiger partial charge in [0.15, 0.2) is 5.78 Å². The van der Waals surface area contributed by atoms with E-state index in [1.165, 1.54) is 0 Å². The van der Waals surface area contributed by atoms with Crippen LogP contribution in [0.5, 0.6) is 0 Å². The number of Topliss-reactive ketones (excluding diaryl/α,β-unsaturated/α-hetero) is 1. The number of carboxylic acid groups (broad SMARTS) is 1. The molecule has 56 heavy (non-hydrogen) atoms. The molecule has 0 heterocycles. The molecule has 0 fully saturated rings. The third-order valence-corrected chi connectivity index (χ3v) is 9.86. The lowest BCUT2D eigenvalue weighted by atomic mass is 9.86. The van der Waals surface area contributed by atoms with Crippen molar-refractivity contribution in [3.05, 3.63) is 94.5 Å². The number of carboxylic acids is 1. The number of benzene rings is 3. The lowest BCUT2D eigenvalue weighted by molar-refractivity contribution is -0.140. The van der Waals surface area contributed by atoms with Gasteiger partial charge in [-0.15, -0.1) is 0 Å². The Kier molecular flexibility index (Phi) is 14.0. The molecule has 1 aliphatic carbocycles. The molecule has 1 aliphatic rings. The smallest absolute Gasteiger partial charge is 0.407 e. The molecule has 12 heteroatoms. The van der Waals surface area contributed by atoms with Crippen molar-refractivity contribution in [2.24, 2.45) is 11.3 Å². The highest BCUT2D eigenvalue weighted by molar-refractivity contribution is 6.04. The van der Waals surface area contributed by atoms with Crippen LogP contribution in [0.1, 0.15) is 100 Å². The van der Waals surface area contributed by atoms with E-state index in [9.17, 15) is 33.9 Å². The fourth-order valence-electron chi connectivity index (χ4n) is 6.93. The number of alkyl carbamates (subject to hydrolysis) is 1. The fraction of sp³-hybridized carbons (Fsp3) is 0.455. The number of ether oxygens (including phenoxy) is 1. The number of rotatable bonds is 16. The topological polar surface area (TPSA) is 180 Å². The number of amides is 3. The normalized spacial score (nSPS) is 14.8. The molecule has 3 amide bonds. The second-order valence-corrected chi connectivity index (χ2v) is 16.9. The lowest BCUT2D eigenvalue weighted by Gasteiger charge is -2.30. The summed E-state index contributed by atoms with van der Waals surface area (Å²) in [5, 5.41) is 20.7. The zero-order valence-electron chi connectivity index (χ0n) is 33.7. The average molecular weight is 768 g/mol. The highest BCUT2D eigenvalue weighted by atomic mass is 16.5. The molecule has 4 atom stereocenters. The summed E-state index contributed by atoms with van der Waals surface area (Å²) in [5.74, 6) is -3.59. The molecule has 3 aromatic carbocycles. The van der Waals surface area contributed by atoms with Crippen LogP contribution in [0.2, 0.25) is 0 Å². The minimum Gasteiger partial charge on any atom is -0.481 e. The van der Waals surface area contributed by atoms with Gasteiger partial charge in [0.05, 0.1) is 18.5 Å². The SMILES string of the molecule is Cc1cccc(C(=O)[C@H](NC(=O)[C@H](CC(=O)O)NC(C)(C)C)C(C)C)c1C[C@H](NC(=O)OCC1c2ccccc2-c2ccccc21)C(=O)N[C@H]([C]=O)C(C)(C)C. The van der Waals surface area contributed by atoms with Gasteiger partial charge in [0, 0.05) is 23.4 Å². The second kappa shape index (κ2) is 18.1. The van der Waals surface area contributed by atoms with Gasteiger partial charge in [0.25, 0.3) is 0 Å². The van der Waals surface area contributed by atoms with E-state index in [4.69, 9.17) is 4.74 Å². The highest BCUT2D eigenvalue weighted by Crippen LogP contribution is 2.44. The summed E-state index contributed by atoms with van der Waals surface area (Å²) < 4.78 is 5.79. The van der Waals surface area contributed by atoms with E-state index in [2.05, 4.69) is 21.3 Å². The molecule has 0 aliphatic heterocycles. The minimum atomic E-state index is -1.29. The van der Waals surface area contributed by atoms with Gasteiger partial charge in [-0.05, 0) is 72.4 Å². The van der Waals surface area contributed by atoms with Gasteiger partial charge in [-0.3, -0.25) is 24.0 Å². The van der Waals surface area contributed by atoms with E-state index >= 15 is 0 Å². The van der Waals surface area contributed by atoms with Gasteiger partial charge in [0.1, 0.15) is 18.7 Å². The van der Waals surface area contributed by atoms with E-state index in [1.807, 2.05) is 54.8 Å². The number of carbonyl (C=O) groups excluding carboxylic acids is 5. The molecule has 0 spiro atoms. The van der Waals surface area contributed by atoms with Crippen molar-refractivity contribution in [1.82, 2.24) is 21.3 Å². The van der Waals surface area contributed by atoms with Crippen molar-refractivity contribution in [2.45, 2.75) is 111 Å². The van der Waals surface area contributed by atoms with Crippen LogP contribution in [-0.2, 0) is 30.3 Å². The van der Waals surface area contributed by atoms with E-state index < -0.39 is 77.1 Å². The van der Waals surface area contributed by atoms with Gasteiger partial charge < -0.3 is 31.1 Å². The minimum absolute atomic E-state index is 0.00224. The predicted octanol–water partition coefficient (Wildman–Crippen LogP) is 5.64. The lowest BCUT2D eigenvalue weighted by Crippen LogP contribution is -2.56. The quantitative estimate of drug-likeness (QED) is 0.115. The third kappa shape index (κ3) is 10.9. The summed E-state index contributed by atoms with van der Waals surface area (Å²) in [6.07, 6.45) is 0.366. The van der Waals surface area contributed by atoms with Crippen molar-refractivity contribution in [3.63, 3.8) is 0 Å². The first-order valence-corrected chi connectivity index (χ1v) is 18.9. The van der Waals surface area contributed by atoms with Gasteiger partial charge >= 0.3 is 12.1 Å². The van der Waals surface area contributed by atoms with Crippen molar-refractivity contribution < 1.29 is 38.6 Å². The molecule has 0 saturated carbocycles. The monoisotopic (exact) mass is 767 g/mol. The summed E-state index contributed by atoms with van der Waals surface area (Å²) in [4.78, 5) is 79.1. The van der Waals surface area contributed by atoms with Crippen LogP contribution in [0.3, 0.4) is 0 Å². The van der Waals surface area contributed by atoms with Crippen molar-refractivity contribution in [1.29, 1.82) is 0 Å². The number of nitrogens with one attached hydrogen (secondary N) is 4. The Morgan fingerprint density at radius 2 is 1.36 bits per heavy atom. The first-order valence-electron chi connectivity index (χ1n) is 18.9. The fourth-order valence-corrected chi connectivity index (χ4v) is 6.93. The van der Waals surface area contributed by atoms with Crippen LogP contribution in [0, 0.1) is 18.3 Å². The number of hydrogen-bond donors (Lipinski definition) is 5. The van der Waals surface area contributed by atoms with Crippen LogP contribution >= 0.6 is 0 Å². The Bertz CT molecular complexity index is 1900. The third-order valence-electron chi connectivity index (χ3n) is 9.86. The molecule has 1 radical (unpaired) electrons. The molecule has 4 rings (SSSR count). The maximum absolute atomic E-state index is 14.4. The number of fused-ring (bicyclic) bond motifs is 3. The Labute approximate surface area is 329 Å². The number of aliphatic carboxylic acids is 1. The van der Waals surface area contributed by atoms with Crippen LogP contribution in [0.25, 0.3) is 11.1 Å². The molecule has 299 valence electrons. The molecule has 12 nitrogen and oxygen atoms in total.